The summed E-state index contributed by atoms with van der Waals surface area (Å²) in [6.45, 7) is 3.27. The van der Waals surface area contributed by atoms with Gasteiger partial charge in [-0.1, -0.05) is 12.1 Å². The summed E-state index contributed by atoms with van der Waals surface area (Å²) < 4.78 is 16.1. The number of carbonyl (C=O) groups excluding carboxylic acids is 2. The Morgan fingerprint density at radius 3 is 2.62 bits per heavy atom. The maximum absolute atomic E-state index is 12.7. The quantitative estimate of drug-likeness (QED) is 0.776. The number of ether oxygens (including phenoxy) is 3. The van der Waals surface area contributed by atoms with Crippen LogP contribution in [0.4, 0.5) is 5.69 Å². The fourth-order valence-electron chi connectivity index (χ4n) is 3.22. The normalized spacial score (nSPS) is 12.6. The Morgan fingerprint density at radius 1 is 1.07 bits per heavy atom. The zero-order valence-electron chi connectivity index (χ0n) is 17.0. The molecule has 0 saturated carbocycles. The zero-order valence-corrected chi connectivity index (χ0v) is 17.0. The summed E-state index contributed by atoms with van der Waals surface area (Å²) in [5.41, 5.74) is 2.71. The number of hydrogen-bond donors (Lipinski definition) is 1. The molecule has 0 aromatic heterocycles. The lowest BCUT2D eigenvalue weighted by Gasteiger charge is -2.30. The lowest BCUT2D eigenvalue weighted by Crippen LogP contribution is -2.38. The molecule has 29 heavy (non-hydrogen) atoms. The van der Waals surface area contributed by atoms with Gasteiger partial charge in [0.25, 0.3) is 0 Å². The molecule has 0 aliphatic carbocycles. The molecule has 1 aliphatic heterocycles. The molecule has 3 rings (SSSR count). The van der Waals surface area contributed by atoms with Crippen LogP contribution in [0.5, 0.6) is 17.2 Å². The fraction of sp³-hybridized carbons (Fsp3) is 0.364. The van der Waals surface area contributed by atoms with Crippen LogP contribution < -0.4 is 24.4 Å². The van der Waals surface area contributed by atoms with E-state index in [0.29, 0.717) is 36.9 Å². The molecule has 1 aliphatic rings. The highest BCUT2D eigenvalue weighted by molar-refractivity contribution is 5.97. The topological polar surface area (TPSA) is 77.1 Å². The number of methoxy groups -OCH3 is 2. The van der Waals surface area contributed by atoms with Crippen LogP contribution in [0.3, 0.4) is 0 Å². The second kappa shape index (κ2) is 9.32. The minimum absolute atomic E-state index is 0.0820. The Kier molecular flexibility index (Phi) is 6.59. The van der Waals surface area contributed by atoms with Crippen molar-refractivity contribution in [1.29, 1.82) is 0 Å². The fourth-order valence-corrected chi connectivity index (χ4v) is 3.22. The van der Waals surface area contributed by atoms with Crippen LogP contribution >= 0.6 is 0 Å². The minimum atomic E-state index is -0.175. The lowest BCUT2D eigenvalue weighted by atomic mass is 10.1. The van der Waals surface area contributed by atoms with Gasteiger partial charge in [-0.05, 0) is 42.3 Å². The number of amides is 2. The Labute approximate surface area is 170 Å². The smallest absolute Gasteiger partial charge is 0.227 e. The van der Waals surface area contributed by atoms with E-state index in [2.05, 4.69) is 5.32 Å². The highest BCUT2D eigenvalue weighted by Gasteiger charge is 2.24. The molecule has 7 heteroatoms. The third-order valence-electron chi connectivity index (χ3n) is 4.78. The maximum atomic E-state index is 12.7. The molecule has 0 fully saturated rings. The first-order chi connectivity index (χ1) is 14.0. The van der Waals surface area contributed by atoms with Crippen molar-refractivity contribution < 1.29 is 23.8 Å². The van der Waals surface area contributed by atoms with Crippen molar-refractivity contribution in [1.82, 2.24) is 5.32 Å². The van der Waals surface area contributed by atoms with E-state index in [0.717, 1.165) is 16.8 Å². The van der Waals surface area contributed by atoms with E-state index >= 15 is 0 Å². The van der Waals surface area contributed by atoms with E-state index < -0.39 is 0 Å². The van der Waals surface area contributed by atoms with Gasteiger partial charge in [-0.3, -0.25) is 9.59 Å². The highest BCUT2D eigenvalue weighted by atomic mass is 16.5. The van der Waals surface area contributed by atoms with Crippen LogP contribution in [0.25, 0.3) is 0 Å². The van der Waals surface area contributed by atoms with Crippen molar-refractivity contribution in [2.24, 2.45) is 0 Å². The second-order valence-electron chi connectivity index (χ2n) is 6.83. The summed E-state index contributed by atoms with van der Waals surface area (Å²) >= 11 is 0. The Bertz CT molecular complexity index is 897. The summed E-state index contributed by atoms with van der Waals surface area (Å²) in [5, 5.41) is 2.84. The molecule has 1 heterocycles. The third kappa shape index (κ3) is 4.99. The van der Waals surface area contributed by atoms with Gasteiger partial charge >= 0.3 is 0 Å². The van der Waals surface area contributed by atoms with Crippen LogP contribution in [-0.4, -0.2) is 39.2 Å². The second-order valence-corrected chi connectivity index (χ2v) is 6.83. The first-order valence-corrected chi connectivity index (χ1v) is 9.53. The van der Waals surface area contributed by atoms with Gasteiger partial charge in [-0.15, -0.1) is 0 Å². The Morgan fingerprint density at radius 2 is 1.86 bits per heavy atom. The van der Waals surface area contributed by atoms with Gasteiger partial charge < -0.3 is 24.4 Å². The van der Waals surface area contributed by atoms with Crippen LogP contribution in [0.2, 0.25) is 0 Å². The first kappa shape index (κ1) is 20.5. The van der Waals surface area contributed by atoms with E-state index in [1.165, 1.54) is 0 Å². The van der Waals surface area contributed by atoms with E-state index in [1.807, 2.05) is 37.3 Å². The SMILES string of the molecule is COc1ccc(CNC(=O)CCC(=O)N2CCOc3ccc(C)cc32)cc1OC. The molecule has 2 amide bonds. The van der Waals surface area contributed by atoms with Crippen LogP contribution in [-0.2, 0) is 16.1 Å². The van der Waals surface area contributed by atoms with Gasteiger partial charge in [-0.25, -0.2) is 0 Å². The van der Waals surface area contributed by atoms with Gasteiger partial charge in [0.05, 0.1) is 26.5 Å². The molecule has 2 aromatic rings. The first-order valence-electron chi connectivity index (χ1n) is 9.53. The molecular weight excluding hydrogens is 372 g/mol. The molecule has 0 atom stereocenters. The van der Waals surface area contributed by atoms with Crippen molar-refractivity contribution in [2.45, 2.75) is 26.3 Å². The molecule has 1 N–H and O–H groups in total. The third-order valence-corrected chi connectivity index (χ3v) is 4.78. The summed E-state index contributed by atoms with van der Waals surface area (Å²) in [6, 6.07) is 11.2. The lowest BCUT2D eigenvalue weighted by molar-refractivity contribution is -0.125. The van der Waals surface area contributed by atoms with Crippen LogP contribution in [0.1, 0.15) is 24.0 Å². The molecule has 0 saturated heterocycles. The van der Waals surface area contributed by atoms with Gasteiger partial charge in [-0.2, -0.15) is 0 Å². The van der Waals surface area contributed by atoms with Gasteiger partial charge in [0.2, 0.25) is 11.8 Å². The number of aryl methyl sites for hydroxylation is 1. The zero-order chi connectivity index (χ0) is 20.8. The highest BCUT2D eigenvalue weighted by Crippen LogP contribution is 2.33. The summed E-state index contributed by atoms with van der Waals surface area (Å²) in [5.74, 6) is 1.69. The average molecular weight is 398 g/mol. The predicted octanol–water partition coefficient (Wildman–Crippen LogP) is 2.83. The van der Waals surface area contributed by atoms with Crippen molar-refractivity contribution in [3.05, 3.63) is 47.5 Å². The van der Waals surface area contributed by atoms with Crippen molar-refractivity contribution in [3.8, 4) is 17.2 Å². The van der Waals surface area contributed by atoms with Crippen molar-refractivity contribution in [2.75, 3.05) is 32.3 Å². The molecule has 7 nitrogen and oxygen atoms in total. The Balaban J connectivity index is 1.53. The van der Waals surface area contributed by atoms with Gasteiger partial charge in [0.1, 0.15) is 12.4 Å². The van der Waals surface area contributed by atoms with Crippen molar-refractivity contribution in [3.63, 3.8) is 0 Å². The minimum Gasteiger partial charge on any atom is -0.493 e. The molecule has 0 radical (unpaired) electrons. The Hall–Kier alpha value is -3.22. The van der Waals surface area contributed by atoms with Crippen molar-refractivity contribution >= 4 is 17.5 Å². The number of anilines is 1. The van der Waals surface area contributed by atoms with Gasteiger partial charge in [0, 0.05) is 19.4 Å². The van der Waals surface area contributed by atoms with E-state index in [9.17, 15) is 9.59 Å². The maximum Gasteiger partial charge on any atom is 0.227 e. The summed E-state index contributed by atoms with van der Waals surface area (Å²) in [4.78, 5) is 26.6. The molecule has 2 aromatic carbocycles. The molecular formula is C22H26N2O5. The molecule has 0 unspecified atom stereocenters. The molecule has 0 bridgehead atoms. The monoisotopic (exact) mass is 398 g/mol. The standard InChI is InChI=1S/C22H26N2O5/c1-15-4-6-18-17(12-15)24(10-11-29-18)22(26)9-8-21(25)23-14-16-5-7-19(27-2)20(13-16)28-3/h4-7,12-13H,8-11,14H2,1-3H3,(H,23,25). The van der Waals surface area contributed by atoms with Crippen LogP contribution in [0.15, 0.2) is 36.4 Å². The number of fused-ring (bicyclic) bond motifs is 1. The number of benzene rings is 2. The number of nitrogens with zero attached hydrogens (tertiary/aromatic N) is 1. The molecule has 0 spiro atoms. The van der Waals surface area contributed by atoms with E-state index in [1.54, 1.807) is 25.2 Å². The summed E-state index contributed by atoms with van der Waals surface area (Å²) in [6.07, 6.45) is 0.274. The summed E-state index contributed by atoms with van der Waals surface area (Å²) in [7, 11) is 3.14. The van der Waals surface area contributed by atoms with E-state index in [4.69, 9.17) is 14.2 Å². The van der Waals surface area contributed by atoms with E-state index in [-0.39, 0.29) is 24.7 Å². The number of carbonyl (C=O) groups is 2. The average Bonchev–Trinajstić information content (AvgIpc) is 2.75. The molecule has 154 valence electrons. The van der Waals surface area contributed by atoms with Gasteiger partial charge in [0.15, 0.2) is 11.5 Å². The van der Waals surface area contributed by atoms with Crippen LogP contribution in [0, 0.1) is 6.92 Å². The largest absolute Gasteiger partial charge is 0.493 e. The predicted molar refractivity (Wildman–Crippen MR) is 110 cm³/mol. The number of rotatable bonds is 7. The number of nitrogens with one attached hydrogen (secondary N) is 1. The number of hydrogen-bond acceptors (Lipinski definition) is 5.